The SMILES string of the molecule is Cc1ccc(C)c2nsnc12.Cc1ccc(C)nc1.Cc1cnc(C)c2nccnc12.Cc1cnc(C)cn1. The number of nitrogens with zero attached hydrogens (tertiary/aromatic N) is 8. The number of aromatic nitrogens is 8. The number of benzene rings is 1. The molecule has 1 aromatic carbocycles. The van der Waals surface area contributed by atoms with Crippen molar-refractivity contribution >= 4 is 33.8 Å². The Morgan fingerprint density at radius 2 is 0.974 bits per heavy atom. The Hall–Kier alpha value is -4.24. The lowest BCUT2D eigenvalue weighted by molar-refractivity contribution is 1.06. The molecule has 0 amide bonds. The highest BCUT2D eigenvalue weighted by atomic mass is 32.1. The van der Waals surface area contributed by atoms with Crippen molar-refractivity contribution < 1.29 is 0 Å². The first-order valence-electron chi connectivity index (χ1n) is 12.5. The van der Waals surface area contributed by atoms with Crippen molar-refractivity contribution in [3.8, 4) is 0 Å². The lowest BCUT2D eigenvalue weighted by Crippen LogP contribution is -1.91. The van der Waals surface area contributed by atoms with E-state index in [2.05, 4.69) is 70.7 Å². The third kappa shape index (κ3) is 8.65. The van der Waals surface area contributed by atoms with Gasteiger partial charge in [-0.25, -0.2) is 0 Å². The van der Waals surface area contributed by atoms with Gasteiger partial charge in [0.2, 0.25) is 0 Å². The van der Waals surface area contributed by atoms with E-state index in [9.17, 15) is 0 Å². The molecule has 0 atom stereocenters. The van der Waals surface area contributed by atoms with Crippen molar-refractivity contribution in [2.24, 2.45) is 0 Å². The molecule has 0 radical (unpaired) electrons. The summed E-state index contributed by atoms with van der Waals surface area (Å²) in [4.78, 5) is 24.8. The van der Waals surface area contributed by atoms with Gasteiger partial charge >= 0.3 is 0 Å². The van der Waals surface area contributed by atoms with E-state index in [-0.39, 0.29) is 0 Å². The first-order valence-corrected chi connectivity index (χ1v) is 13.2. The molecule has 0 saturated heterocycles. The van der Waals surface area contributed by atoms with E-state index in [0.717, 1.165) is 50.4 Å². The minimum absolute atomic E-state index is 0.900. The first kappa shape index (κ1) is 29.3. The third-order valence-corrected chi connectivity index (χ3v) is 6.18. The van der Waals surface area contributed by atoms with Crippen LogP contribution in [0.3, 0.4) is 0 Å². The predicted molar refractivity (Wildman–Crippen MR) is 159 cm³/mol. The van der Waals surface area contributed by atoms with E-state index in [0.29, 0.717) is 0 Å². The summed E-state index contributed by atoms with van der Waals surface area (Å²) in [6.45, 7) is 15.9. The standard InChI is InChI=1S/C9H9N3.C8H8N2S.C7H9N.C6H8N2/c1-6-5-12-7(2)9-8(6)10-3-4-11-9;1-5-3-4-6(2)8-7(5)9-11-10-8;1-6-3-4-7(2)8-5-6;1-5-3-8-6(2)4-7-5/h3-5H,1-2H3;3-4H,1-2H3;3-5H,1-2H3;3-4H,1-2H3. The van der Waals surface area contributed by atoms with Gasteiger partial charge in [0.25, 0.3) is 0 Å². The summed E-state index contributed by atoms with van der Waals surface area (Å²) in [6.07, 6.45) is 10.6. The number of aryl methyl sites for hydroxylation is 8. The summed E-state index contributed by atoms with van der Waals surface area (Å²) < 4.78 is 8.42. The fraction of sp³-hybridized carbons (Fsp3) is 0.267. The maximum atomic E-state index is 4.24. The Morgan fingerprint density at radius 3 is 1.44 bits per heavy atom. The minimum Gasteiger partial charge on any atom is -0.261 e. The van der Waals surface area contributed by atoms with E-state index in [1.807, 2.05) is 60.0 Å². The molecule has 200 valence electrons. The van der Waals surface area contributed by atoms with Gasteiger partial charge < -0.3 is 0 Å². The molecule has 0 unspecified atom stereocenters. The maximum absolute atomic E-state index is 4.24. The van der Waals surface area contributed by atoms with Crippen LogP contribution in [0, 0.1) is 55.4 Å². The van der Waals surface area contributed by atoms with Crippen molar-refractivity contribution in [3.05, 3.63) is 106 Å². The van der Waals surface area contributed by atoms with Gasteiger partial charge in [-0.3, -0.25) is 29.9 Å². The molecule has 0 spiro atoms. The van der Waals surface area contributed by atoms with Gasteiger partial charge in [-0.05, 0) is 83.7 Å². The third-order valence-electron chi connectivity index (χ3n) is 5.65. The van der Waals surface area contributed by atoms with Crippen molar-refractivity contribution in [1.29, 1.82) is 0 Å². The molecule has 0 N–H and O–H groups in total. The highest BCUT2D eigenvalue weighted by Crippen LogP contribution is 2.19. The summed E-state index contributed by atoms with van der Waals surface area (Å²) in [7, 11) is 0. The van der Waals surface area contributed by atoms with Gasteiger partial charge in [0.05, 0.1) is 34.3 Å². The Balaban J connectivity index is 0.000000146. The van der Waals surface area contributed by atoms with Crippen LogP contribution in [0.4, 0.5) is 0 Å². The molecule has 0 fully saturated rings. The molecule has 6 rings (SSSR count). The first-order chi connectivity index (χ1) is 18.7. The second-order valence-electron chi connectivity index (χ2n) is 9.22. The number of pyridine rings is 2. The topological polar surface area (TPSA) is 103 Å². The number of hydrogen-bond acceptors (Lipinski definition) is 9. The zero-order valence-corrected chi connectivity index (χ0v) is 24.6. The zero-order valence-electron chi connectivity index (χ0n) is 23.8. The molecule has 39 heavy (non-hydrogen) atoms. The average molecular weight is 539 g/mol. The van der Waals surface area contributed by atoms with Gasteiger partial charge in [-0.1, -0.05) is 18.2 Å². The molecular formula is C30H34N8S. The lowest BCUT2D eigenvalue weighted by atomic mass is 10.1. The summed E-state index contributed by atoms with van der Waals surface area (Å²) in [5.74, 6) is 0. The van der Waals surface area contributed by atoms with Crippen LogP contribution in [0.2, 0.25) is 0 Å². The molecule has 8 nitrogen and oxygen atoms in total. The predicted octanol–water partition coefficient (Wildman–Crippen LogP) is 6.74. The van der Waals surface area contributed by atoms with Crippen molar-refractivity contribution in [3.63, 3.8) is 0 Å². The fourth-order valence-electron chi connectivity index (χ4n) is 3.32. The number of hydrogen-bond donors (Lipinski definition) is 0. The molecule has 0 aliphatic heterocycles. The van der Waals surface area contributed by atoms with Crippen LogP contribution in [0.15, 0.2) is 61.4 Å². The van der Waals surface area contributed by atoms with Crippen LogP contribution in [-0.2, 0) is 0 Å². The smallest absolute Gasteiger partial charge is 0.110 e. The summed E-state index contributed by atoms with van der Waals surface area (Å²) in [5.41, 5.74) is 12.6. The summed E-state index contributed by atoms with van der Waals surface area (Å²) in [6, 6.07) is 8.23. The monoisotopic (exact) mass is 538 g/mol. The second kappa shape index (κ2) is 14.1. The maximum Gasteiger partial charge on any atom is 0.110 e. The van der Waals surface area contributed by atoms with E-state index in [1.165, 1.54) is 28.4 Å². The van der Waals surface area contributed by atoms with E-state index < -0.39 is 0 Å². The normalized spacial score (nSPS) is 10.1. The van der Waals surface area contributed by atoms with E-state index in [4.69, 9.17) is 0 Å². The van der Waals surface area contributed by atoms with Gasteiger partial charge in [-0.15, -0.1) is 0 Å². The van der Waals surface area contributed by atoms with Crippen molar-refractivity contribution in [2.45, 2.75) is 55.4 Å². The molecule has 0 bridgehead atoms. The summed E-state index contributed by atoms with van der Waals surface area (Å²) in [5, 5.41) is 0. The minimum atomic E-state index is 0.900. The van der Waals surface area contributed by atoms with E-state index >= 15 is 0 Å². The van der Waals surface area contributed by atoms with Crippen LogP contribution in [0.5, 0.6) is 0 Å². The highest BCUT2D eigenvalue weighted by molar-refractivity contribution is 7.00. The molecular weight excluding hydrogens is 504 g/mol. The zero-order chi connectivity index (χ0) is 28.4. The van der Waals surface area contributed by atoms with Crippen LogP contribution in [0.25, 0.3) is 22.1 Å². The van der Waals surface area contributed by atoms with E-state index in [1.54, 1.807) is 24.8 Å². The van der Waals surface area contributed by atoms with Crippen molar-refractivity contribution in [2.75, 3.05) is 0 Å². The molecule has 6 aromatic rings. The summed E-state index contributed by atoms with van der Waals surface area (Å²) >= 11 is 1.28. The largest absolute Gasteiger partial charge is 0.261 e. The second-order valence-corrected chi connectivity index (χ2v) is 9.75. The number of fused-ring (bicyclic) bond motifs is 2. The van der Waals surface area contributed by atoms with Crippen LogP contribution >= 0.6 is 11.7 Å². The Bertz CT molecular complexity index is 1470. The molecule has 0 saturated carbocycles. The molecule has 0 aliphatic rings. The Morgan fingerprint density at radius 1 is 0.436 bits per heavy atom. The van der Waals surface area contributed by atoms with Gasteiger partial charge in [0.1, 0.15) is 16.6 Å². The number of rotatable bonds is 0. The fourth-order valence-corrected chi connectivity index (χ4v) is 3.99. The van der Waals surface area contributed by atoms with Gasteiger partial charge in [-0.2, -0.15) is 8.75 Å². The van der Waals surface area contributed by atoms with Crippen LogP contribution in [-0.4, -0.2) is 38.7 Å². The van der Waals surface area contributed by atoms with Crippen molar-refractivity contribution in [1.82, 2.24) is 38.7 Å². The molecule has 5 aromatic heterocycles. The molecule has 9 heteroatoms. The Kier molecular flexibility index (Phi) is 10.6. The molecule has 0 aliphatic carbocycles. The quantitative estimate of drug-likeness (QED) is 0.209. The lowest BCUT2D eigenvalue weighted by Gasteiger charge is -2.00. The molecule has 5 heterocycles. The van der Waals surface area contributed by atoms with Gasteiger partial charge in [0.15, 0.2) is 0 Å². The highest BCUT2D eigenvalue weighted by Gasteiger charge is 2.03. The van der Waals surface area contributed by atoms with Crippen LogP contribution < -0.4 is 0 Å². The van der Waals surface area contributed by atoms with Gasteiger partial charge in [0, 0.05) is 42.9 Å². The average Bonchev–Trinajstić information content (AvgIpc) is 3.45. The van der Waals surface area contributed by atoms with Crippen LogP contribution in [0.1, 0.15) is 45.0 Å². The Labute approximate surface area is 234 Å².